The summed E-state index contributed by atoms with van der Waals surface area (Å²) >= 11 is 2.47. The van der Waals surface area contributed by atoms with Crippen LogP contribution in [-0.2, 0) is 6.54 Å². The number of nitrogens with one attached hydrogen (secondary N) is 1. The largest absolute Gasteiger partial charge is 0.309 e. The van der Waals surface area contributed by atoms with E-state index in [0.29, 0.717) is 12.0 Å². The van der Waals surface area contributed by atoms with Gasteiger partial charge in [0.1, 0.15) is 0 Å². The molecule has 0 aliphatic rings. The second kappa shape index (κ2) is 6.74. The molecule has 96 valence electrons. The Labute approximate surface area is 120 Å². The lowest BCUT2D eigenvalue weighted by Crippen LogP contribution is -2.35. The fourth-order valence-electron chi connectivity index (χ4n) is 2.19. The predicted molar refractivity (Wildman–Crippen MR) is 85.0 cm³/mol. The average molecular weight is 345 g/mol. The van der Waals surface area contributed by atoms with Crippen LogP contribution in [0.15, 0.2) is 12.1 Å². The van der Waals surface area contributed by atoms with Gasteiger partial charge in [0.2, 0.25) is 0 Å². The Morgan fingerprint density at radius 3 is 2.06 bits per heavy atom. The highest BCUT2D eigenvalue weighted by Crippen LogP contribution is 2.17. The zero-order chi connectivity index (χ0) is 13.0. The first-order valence-electron chi connectivity index (χ1n) is 6.31. The third-order valence-corrected chi connectivity index (χ3v) is 4.30. The Morgan fingerprint density at radius 1 is 1.12 bits per heavy atom. The minimum Gasteiger partial charge on any atom is -0.309 e. The highest BCUT2D eigenvalue weighted by atomic mass is 127. The van der Waals surface area contributed by atoms with Crippen LogP contribution in [0.2, 0.25) is 0 Å². The summed E-state index contributed by atoms with van der Waals surface area (Å²) in [5, 5.41) is 3.68. The Bertz CT molecular complexity index is 348. The molecule has 0 aromatic heterocycles. The van der Waals surface area contributed by atoms with Gasteiger partial charge < -0.3 is 5.32 Å². The first-order chi connectivity index (χ1) is 7.95. The van der Waals surface area contributed by atoms with Gasteiger partial charge >= 0.3 is 0 Å². The molecule has 0 heterocycles. The van der Waals surface area contributed by atoms with E-state index < -0.39 is 0 Å². The van der Waals surface area contributed by atoms with Gasteiger partial charge in [-0.1, -0.05) is 54.1 Å². The molecule has 17 heavy (non-hydrogen) atoms. The van der Waals surface area contributed by atoms with Gasteiger partial charge in [0.05, 0.1) is 0 Å². The van der Waals surface area contributed by atoms with E-state index in [0.717, 1.165) is 6.54 Å². The maximum Gasteiger partial charge on any atom is 0.0213 e. The molecule has 0 saturated carbocycles. The van der Waals surface area contributed by atoms with Crippen molar-refractivity contribution in [3.05, 3.63) is 34.4 Å². The van der Waals surface area contributed by atoms with Crippen molar-refractivity contribution >= 4 is 22.6 Å². The molecule has 0 saturated heterocycles. The summed E-state index contributed by atoms with van der Waals surface area (Å²) in [5.74, 6) is 0.693. The van der Waals surface area contributed by atoms with Crippen LogP contribution in [0.4, 0.5) is 0 Å². The number of benzene rings is 1. The topological polar surface area (TPSA) is 12.0 Å². The second-order valence-electron chi connectivity index (χ2n) is 5.26. The molecule has 1 aromatic carbocycles. The molecule has 0 aliphatic heterocycles. The van der Waals surface area contributed by atoms with Crippen molar-refractivity contribution in [1.82, 2.24) is 5.32 Å². The highest BCUT2D eigenvalue weighted by Gasteiger charge is 2.12. The highest BCUT2D eigenvalue weighted by molar-refractivity contribution is 14.1. The molecule has 0 spiro atoms. The third-order valence-electron chi connectivity index (χ3n) is 3.35. The standard InChI is InChI=1S/C15H24IN/c1-10(2)15(8-16)17-9-14-12(4)6-11(3)7-13(14)5/h6-7,10,15,17H,8-9H2,1-5H3. The van der Waals surface area contributed by atoms with Crippen molar-refractivity contribution < 1.29 is 0 Å². The Kier molecular flexibility index (Phi) is 5.93. The van der Waals surface area contributed by atoms with Crippen molar-refractivity contribution in [3.8, 4) is 0 Å². The SMILES string of the molecule is Cc1cc(C)c(CNC(CI)C(C)C)c(C)c1. The Hall–Kier alpha value is -0.0900. The van der Waals surface area contributed by atoms with Crippen LogP contribution in [0.5, 0.6) is 0 Å². The minimum atomic E-state index is 0.607. The quantitative estimate of drug-likeness (QED) is 0.624. The van der Waals surface area contributed by atoms with Crippen LogP contribution >= 0.6 is 22.6 Å². The molecule has 2 heteroatoms. The van der Waals surface area contributed by atoms with Crippen LogP contribution < -0.4 is 5.32 Å². The average Bonchev–Trinajstić information content (AvgIpc) is 2.21. The molecule has 0 radical (unpaired) electrons. The summed E-state index contributed by atoms with van der Waals surface area (Å²) < 4.78 is 1.17. The van der Waals surface area contributed by atoms with E-state index in [4.69, 9.17) is 0 Å². The monoisotopic (exact) mass is 345 g/mol. The Morgan fingerprint density at radius 2 is 1.65 bits per heavy atom. The van der Waals surface area contributed by atoms with E-state index in [1.807, 2.05) is 0 Å². The van der Waals surface area contributed by atoms with Gasteiger partial charge in [0, 0.05) is 17.0 Å². The van der Waals surface area contributed by atoms with Crippen molar-refractivity contribution in [3.63, 3.8) is 0 Å². The van der Waals surface area contributed by atoms with Gasteiger partial charge in [-0.3, -0.25) is 0 Å². The summed E-state index contributed by atoms with van der Waals surface area (Å²) in [6.07, 6.45) is 0. The molecule has 0 amide bonds. The van der Waals surface area contributed by atoms with Crippen molar-refractivity contribution in [2.75, 3.05) is 4.43 Å². The summed E-state index contributed by atoms with van der Waals surface area (Å²) in [6.45, 7) is 12.1. The molecule has 1 atom stereocenters. The van der Waals surface area contributed by atoms with Crippen molar-refractivity contribution in [2.45, 2.75) is 47.2 Å². The zero-order valence-electron chi connectivity index (χ0n) is 11.6. The molecule has 1 rings (SSSR count). The summed E-state index contributed by atoms with van der Waals surface area (Å²) in [4.78, 5) is 0. The second-order valence-corrected chi connectivity index (χ2v) is 6.14. The first-order valence-corrected chi connectivity index (χ1v) is 7.84. The van der Waals surface area contributed by atoms with Crippen LogP contribution in [-0.4, -0.2) is 10.5 Å². The van der Waals surface area contributed by atoms with E-state index in [2.05, 4.69) is 74.7 Å². The molecule has 0 fully saturated rings. The molecule has 1 aromatic rings. The molecular weight excluding hydrogens is 321 g/mol. The summed E-state index contributed by atoms with van der Waals surface area (Å²) in [5.41, 5.74) is 5.64. The van der Waals surface area contributed by atoms with Gasteiger partial charge in [-0.15, -0.1) is 0 Å². The lowest BCUT2D eigenvalue weighted by Gasteiger charge is -2.21. The van der Waals surface area contributed by atoms with Crippen LogP contribution in [0.25, 0.3) is 0 Å². The lowest BCUT2D eigenvalue weighted by atomic mass is 9.99. The van der Waals surface area contributed by atoms with Crippen LogP contribution in [0.3, 0.4) is 0 Å². The molecule has 1 nitrogen and oxygen atoms in total. The number of halogens is 1. The fourth-order valence-corrected chi connectivity index (χ4v) is 3.52. The van der Waals surface area contributed by atoms with Crippen LogP contribution in [0, 0.1) is 26.7 Å². The van der Waals surface area contributed by atoms with Crippen LogP contribution in [0.1, 0.15) is 36.1 Å². The third kappa shape index (κ3) is 4.25. The number of hydrogen-bond acceptors (Lipinski definition) is 1. The fraction of sp³-hybridized carbons (Fsp3) is 0.600. The smallest absolute Gasteiger partial charge is 0.0213 e. The zero-order valence-corrected chi connectivity index (χ0v) is 13.8. The van der Waals surface area contributed by atoms with Gasteiger partial charge in [-0.05, 0) is 43.4 Å². The molecule has 0 aliphatic carbocycles. The molecule has 0 bridgehead atoms. The van der Waals surface area contributed by atoms with E-state index in [-0.39, 0.29) is 0 Å². The van der Waals surface area contributed by atoms with Gasteiger partial charge in [-0.25, -0.2) is 0 Å². The number of hydrogen-bond donors (Lipinski definition) is 1. The van der Waals surface area contributed by atoms with E-state index >= 15 is 0 Å². The summed E-state index contributed by atoms with van der Waals surface area (Å²) in [7, 11) is 0. The van der Waals surface area contributed by atoms with Crippen molar-refractivity contribution in [2.24, 2.45) is 5.92 Å². The first kappa shape index (κ1) is 15.0. The normalized spacial score (nSPS) is 13.1. The van der Waals surface area contributed by atoms with E-state index in [1.165, 1.54) is 26.7 Å². The van der Waals surface area contributed by atoms with Crippen molar-refractivity contribution in [1.29, 1.82) is 0 Å². The van der Waals surface area contributed by atoms with Gasteiger partial charge in [0.25, 0.3) is 0 Å². The lowest BCUT2D eigenvalue weighted by molar-refractivity contribution is 0.435. The maximum absolute atomic E-state index is 3.68. The predicted octanol–water partition coefficient (Wildman–Crippen LogP) is 4.16. The minimum absolute atomic E-state index is 0.607. The maximum atomic E-state index is 3.68. The number of alkyl halides is 1. The van der Waals surface area contributed by atoms with E-state index in [9.17, 15) is 0 Å². The number of aryl methyl sites for hydroxylation is 3. The Balaban J connectivity index is 2.75. The molecule has 1 unspecified atom stereocenters. The number of rotatable bonds is 5. The van der Waals surface area contributed by atoms with Gasteiger partial charge in [-0.2, -0.15) is 0 Å². The van der Waals surface area contributed by atoms with E-state index in [1.54, 1.807) is 0 Å². The molecule has 1 N–H and O–H groups in total. The van der Waals surface area contributed by atoms with Gasteiger partial charge in [0.15, 0.2) is 0 Å². The summed E-state index contributed by atoms with van der Waals surface area (Å²) in [6, 6.07) is 5.16. The molecular formula is C15H24IN.